The lowest BCUT2D eigenvalue weighted by atomic mass is 10.3. The molecule has 0 fully saturated rings. The Bertz CT molecular complexity index is 876. The molecule has 0 aliphatic rings. The number of rotatable bonds is 4. The van der Waals surface area contributed by atoms with Crippen molar-refractivity contribution in [1.82, 2.24) is 20.3 Å². The van der Waals surface area contributed by atoms with Crippen LogP contribution < -0.4 is 10.6 Å². The van der Waals surface area contributed by atoms with E-state index in [1.165, 1.54) is 6.07 Å². The largest absolute Gasteiger partial charge is 0.458 e. The lowest BCUT2D eigenvalue weighted by Crippen LogP contribution is -2.34. The van der Waals surface area contributed by atoms with Gasteiger partial charge in [0.05, 0.1) is 6.54 Å². The van der Waals surface area contributed by atoms with E-state index in [-0.39, 0.29) is 12.4 Å². The topological polar surface area (TPSA) is 115 Å². The fourth-order valence-electron chi connectivity index (χ4n) is 2.07. The fraction of sp³-hybridized carbons (Fsp3) is 0.200. The van der Waals surface area contributed by atoms with Crippen LogP contribution in [0.4, 0.5) is 5.82 Å². The van der Waals surface area contributed by atoms with Crippen LogP contribution in [0.1, 0.15) is 11.5 Å². The fourth-order valence-corrected chi connectivity index (χ4v) is 2.07. The number of hydrogen-bond donors (Lipinski definition) is 2. The van der Waals surface area contributed by atoms with E-state index in [9.17, 15) is 9.59 Å². The molecule has 0 bridgehead atoms. The number of aryl methyl sites for hydroxylation is 2. The molecule has 3 heterocycles. The maximum Gasteiger partial charge on any atom is 0.314 e. The van der Waals surface area contributed by atoms with E-state index in [1.807, 2.05) is 6.07 Å². The van der Waals surface area contributed by atoms with Gasteiger partial charge in [-0.2, -0.15) is 5.10 Å². The second-order valence-electron chi connectivity index (χ2n) is 5.07. The van der Waals surface area contributed by atoms with Gasteiger partial charge in [0.2, 0.25) is 0 Å². The Balaban J connectivity index is 1.55. The molecule has 0 aliphatic heterocycles. The van der Waals surface area contributed by atoms with Gasteiger partial charge in [-0.3, -0.25) is 19.6 Å². The molecule has 0 saturated carbocycles. The van der Waals surface area contributed by atoms with E-state index in [1.54, 1.807) is 37.0 Å². The third-order valence-corrected chi connectivity index (χ3v) is 3.23. The molecule has 3 rings (SSSR count). The van der Waals surface area contributed by atoms with Crippen LogP contribution in [-0.2, 0) is 23.2 Å². The van der Waals surface area contributed by atoms with Crippen LogP contribution in [0.25, 0.3) is 11.5 Å². The van der Waals surface area contributed by atoms with Gasteiger partial charge in [0.1, 0.15) is 17.2 Å². The Hall–Kier alpha value is -3.36. The lowest BCUT2D eigenvalue weighted by molar-refractivity contribution is -0.136. The molecular weight excluding hydrogens is 314 g/mol. The molecule has 0 aliphatic carbocycles. The van der Waals surface area contributed by atoms with Crippen LogP contribution in [-0.4, -0.2) is 26.8 Å². The van der Waals surface area contributed by atoms with Gasteiger partial charge in [0.25, 0.3) is 0 Å². The molecule has 0 unspecified atom stereocenters. The molecule has 24 heavy (non-hydrogen) atoms. The summed E-state index contributed by atoms with van der Waals surface area (Å²) in [6.45, 7) is 1.77. The maximum absolute atomic E-state index is 11.8. The van der Waals surface area contributed by atoms with Gasteiger partial charge in [-0.15, -0.1) is 0 Å². The lowest BCUT2D eigenvalue weighted by Gasteiger charge is -2.03. The number of carbonyl (C=O) groups excluding carboxylic acids is 2. The van der Waals surface area contributed by atoms with E-state index in [0.717, 1.165) is 5.69 Å². The Kier molecular flexibility index (Phi) is 4.15. The number of amides is 2. The molecule has 124 valence electrons. The zero-order valence-electron chi connectivity index (χ0n) is 13.1. The van der Waals surface area contributed by atoms with Gasteiger partial charge in [0.15, 0.2) is 11.6 Å². The molecule has 0 saturated heterocycles. The van der Waals surface area contributed by atoms with Crippen LogP contribution in [0.3, 0.4) is 0 Å². The van der Waals surface area contributed by atoms with Crippen LogP contribution in [0.15, 0.2) is 39.4 Å². The number of carbonyl (C=O) groups is 2. The first kappa shape index (κ1) is 15.5. The molecule has 0 aromatic carbocycles. The molecule has 2 N–H and O–H groups in total. The molecule has 0 atom stereocenters. The van der Waals surface area contributed by atoms with E-state index in [0.29, 0.717) is 17.3 Å². The number of furan rings is 1. The SMILES string of the molecule is Cc1cc(NC(=O)C(=O)NCc2ccc(-c3ccnn3C)o2)no1. The monoisotopic (exact) mass is 329 g/mol. The molecule has 3 aromatic heterocycles. The van der Waals surface area contributed by atoms with E-state index >= 15 is 0 Å². The minimum absolute atomic E-state index is 0.0853. The quantitative estimate of drug-likeness (QED) is 0.696. The highest BCUT2D eigenvalue weighted by Crippen LogP contribution is 2.21. The molecule has 0 radical (unpaired) electrons. The average Bonchev–Trinajstić information content (AvgIpc) is 3.26. The van der Waals surface area contributed by atoms with Crippen molar-refractivity contribution in [3.63, 3.8) is 0 Å². The highest BCUT2D eigenvalue weighted by Gasteiger charge is 2.16. The van der Waals surface area contributed by atoms with Gasteiger partial charge in [-0.05, 0) is 25.1 Å². The van der Waals surface area contributed by atoms with Gasteiger partial charge in [-0.1, -0.05) is 5.16 Å². The van der Waals surface area contributed by atoms with Crippen molar-refractivity contribution in [1.29, 1.82) is 0 Å². The first-order valence-electron chi connectivity index (χ1n) is 7.12. The van der Waals surface area contributed by atoms with E-state index < -0.39 is 11.8 Å². The Morgan fingerprint density at radius 1 is 1.25 bits per heavy atom. The molecule has 9 heteroatoms. The molecule has 9 nitrogen and oxygen atoms in total. The zero-order chi connectivity index (χ0) is 17.1. The Morgan fingerprint density at radius 3 is 2.75 bits per heavy atom. The van der Waals surface area contributed by atoms with Gasteiger partial charge in [0, 0.05) is 19.3 Å². The minimum atomic E-state index is -0.832. The number of aromatic nitrogens is 3. The van der Waals surface area contributed by atoms with Crippen molar-refractivity contribution in [2.24, 2.45) is 7.05 Å². The third kappa shape index (κ3) is 3.35. The standard InChI is InChI=1S/C15H15N5O4/c1-9-7-13(19-24-9)18-15(22)14(21)16-8-10-3-4-12(23-10)11-5-6-17-20(11)2/h3-7H,8H2,1-2H3,(H,16,21)(H,18,19,22). The second-order valence-corrected chi connectivity index (χ2v) is 5.07. The van der Waals surface area contributed by atoms with Crippen LogP contribution >= 0.6 is 0 Å². The summed E-state index contributed by atoms with van der Waals surface area (Å²) in [5.74, 6) is 0.232. The van der Waals surface area contributed by atoms with Crippen molar-refractivity contribution in [3.8, 4) is 11.5 Å². The summed E-state index contributed by atoms with van der Waals surface area (Å²) in [5.41, 5.74) is 0.812. The van der Waals surface area contributed by atoms with Crippen LogP contribution in [0, 0.1) is 6.92 Å². The summed E-state index contributed by atoms with van der Waals surface area (Å²) in [5, 5.41) is 12.5. The number of hydrogen-bond acceptors (Lipinski definition) is 6. The van der Waals surface area contributed by atoms with Crippen LogP contribution in [0.5, 0.6) is 0 Å². The normalized spacial score (nSPS) is 10.6. The van der Waals surface area contributed by atoms with E-state index in [2.05, 4.69) is 20.9 Å². The molecular formula is C15H15N5O4. The van der Waals surface area contributed by atoms with Crippen molar-refractivity contribution < 1.29 is 18.5 Å². The van der Waals surface area contributed by atoms with Gasteiger partial charge < -0.3 is 14.3 Å². The Labute approximate surface area is 136 Å². The predicted octanol–water partition coefficient (Wildman–Crippen LogP) is 1.23. The average molecular weight is 329 g/mol. The van der Waals surface area contributed by atoms with Gasteiger partial charge >= 0.3 is 11.8 Å². The summed E-state index contributed by atoms with van der Waals surface area (Å²) in [6, 6.07) is 6.82. The summed E-state index contributed by atoms with van der Waals surface area (Å²) >= 11 is 0. The smallest absolute Gasteiger partial charge is 0.314 e. The van der Waals surface area contributed by atoms with Crippen molar-refractivity contribution >= 4 is 17.6 Å². The number of nitrogens with zero attached hydrogens (tertiary/aromatic N) is 3. The minimum Gasteiger partial charge on any atom is -0.458 e. The summed E-state index contributed by atoms with van der Waals surface area (Å²) < 4.78 is 12.1. The predicted molar refractivity (Wildman–Crippen MR) is 82.6 cm³/mol. The maximum atomic E-state index is 11.8. The highest BCUT2D eigenvalue weighted by molar-refractivity contribution is 6.39. The second kappa shape index (κ2) is 6.41. The molecule has 0 spiro atoms. The third-order valence-electron chi connectivity index (χ3n) is 3.23. The number of nitrogens with one attached hydrogen (secondary N) is 2. The Morgan fingerprint density at radius 2 is 2.08 bits per heavy atom. The molecule has 3 aromatic rings. The first-order valence-corrected chi connectivity index (χ1v) is 7.12. The van der Waals surface area contributed by atoms with Gasteiger partial charge in [-0.25, -0.2) is 0 Å². The number of anilines is 1. The van der Waals surface area contributed by atoms with Crippen molar-refractivity contribution in [2.45, 2.75) is 13.5 Å². The van der Waals surface area contributed by atoms with Crippen molar-refractivity contribution in [2.75, 3.05) is 5.32 Å². The van der Waals surface area contributed by atoms with Crippen LogP contribution in [0.2, 0.25) is 0 Å². The molecule has 2 amide bonds. The zero-order valence-corrected chi connectivity index (χ0v) is 13.1. The first-order chi connectivity index (χ1) is 11.5. The van der Waals surface area contributed by atoms with Crippen molar-refractivity contribution in [3.05, 3.63) is 42.0 Å². The summed E-state index contributed by atoms with van der Waals surface area (Å²) in [6.07, 6.45) is 1.66. The summed E-state index contributed by atoms with van der Waals surface area (Å²) in [4.78, 5) is 23.5. The highest BCUT2D eigenvalue weighted by atomic mass is 16.5. The van der Waals surface area contributed by atoms with E-state index in [4.69, 9.17) is 8.94 Å². The summed E-state index contributed by atoms with van der Waals surface area (Å²) in [7, 11) is 1.80.